The van der Waals surface area contributed by atoms with Gasteiger partial charge in [-0.15, -0.1) is 0 Å². The van der Waals surface area contributed by atoms with Crippen molar-refractivity contribution >= 4 is 11.6 Å². The summed E-state index contributed by atoms with van der Waals surface area (Å²) < 4.78 is 5.00. The largest absolute Gasteiger partial charge is 0.502 e. The predicted octanol–water partition coefficient (Wildman–Crippen LogP) is 2.09. The zero-order chi connectivity index (χ0) is 16.0. The minimum absolute atomic E-state index is 0.105. The van der Waals surface area contributed by atoms with Crippen molar-refractivity contribution in [2.75, 3.05) is 20.3 Å². The lowest BCUT2D eigenvalue weighted by Gasteiger charge is -2.24. The van der Waals surface area contributed by atoms with Crippen molar-refractivity contribution < 1.29 is 19.6 Å². The number of ether oxygens (including phenoxy) is 1. The van der Waals surface area contributed by atoms with Crippen LogP contribution in [0.1, 0.15) is 30.6 Å². The van der Waals surface area contributed by atoms with E-state index in [0.717, 1.165) is 12.5 Å². The molecule has 1 rings (SSSR count). The molecule has 1 aromatic carbocycles. The fraction of sp³-hybridized carbons (Fsp3) is 0.500. The number of nitro benzene ring substituents is 1. The van der Waals surface area contributed by atoms with E-state index in [9.17, 15) is 20.0 Å². The second-order valence-electron chi connectivity index (χ2n) is 5.52. The lowest BCUT2D eigenvalue weighted by molar-refractivity contribution is -0.385. The Hall–Kier alpha value is -2.15. The molecule has 116 valence electrons. The van der Waals surface area contributed by atoms with Gasteiger partial charge in [0.1, 0.15) is 0 Å². The molecule has 21 heavy (non-hydrogen) atoms. The van der Waals surface area contributed by atoms with E-state index in [0.29, 0.717) is 13.2 Å². The van der Waals surface area contributed by atoms with Crippen molar-refractivity contribution in [2.45, 2.75) is 20.3 Å². The molecule has 0 aliphatic carbocycles. The second-order valence-corrected chi connectivity index (χ2v) is 5.52. The predicted molar refractivity (Wildman–Crippen MR) is 77.4 cm³/mol. The number of rotatable bonds is 7. The Bertz CT molecular complexity index is 528. The number of aromatic hydroxyl groups is 1. The molecule has 0 aliphatic heterocycles. The molecule has 0 aromatic heterocycles. The van der Waals surface area contributed by atoms with E-state index < -0.39 is 22.3 Å². The van der Waals surface area contributed by atoms with E-state index in [1.54, 1.807) is 7.11 Å². The Labute approximate surface area is 123 Å². The van der Waals surface area contributed by atoms with Crippen LogP contribution in [0.5, 0.6) is 5.75 Å². The first-order chi connectivity index (χ1) is 9.78. The highest BCUT2D eigenvalue weighted by atomic mass is 16.6. The number of nitrogens with zero attached hydrogens (tertiary/aromatic N) is 1. The molecule has 0 unspecified atom stereocenters. The molecule has 0 spiro atoms. The summed E-state index contributed by atoms with van der Waals surface area (Å²) in [6.07, 6.45) is 0.755. The van der Waals surface area contributed by atoms with Gasteiger partial charge in [-0.2, -0.15) is 0 Å². The van der Waals surface area contributed by atoms with Crippen LogP contribution in [-0.2, 0) is 4.74 Å². The lowest BCUT2D eigenvalue weighted by atomic mass is 9.89. The maximum Gasteiger partial charge on any atom is 0.311 e. The van der Waals surface area contributed by atoms with Crippen molar-refractivity contribution in [3.8, 4) is 5.75 Å². The van der Waals surface area contributed by atoms with Crippen LogP contribution in [-0.4, -0.2) is 36.2 Å². The van der Waals surface area contributed by atoms with Gasteiger partial charge in [0.25, 0.3) is 5.91 Å². The topological polar surface area (TPSA) is 102 Å². The van der Waals surface area contributed by atoms with Crippen LogP contribution >= 0.6 is 0 Å². The average Bonchev–Trinajstić information content (AvgIpc) is 2.42. The van der Waals surface area contributed by atoms with Crippen molar-refractivity contribution in [2.24, 2.45) is 5.41 Å². The first-order valence-corrected chi connectivity index (χ1v) is 6.52. The summed E-state index contributed by atoms with van der Waals surface area (Å²) in [6.45, 7) is 4.89. The highest BCUT2D eigenvalue weighted by Crippen LogP contribution is 2.29. The third-order valence-electron chi connectivity index (χ3n) is 3.17. The Morgan fingerprint density at radius 2 is 2.14 bits per heavy atom. The summed E-state index contributed by atoms with van der Waals surface area (Å²) in [5.74, 6) is -1.16. The van der Waals surface area contributed by atoms with Gasteiger partial charge in [-0.1, -0.05) is 19.9 Å². The van der Waals surface area contributed by atoms with E-state index in [1.807, 2.05) is 13.8 Å². The van der Waals surface area contributed by atoms with E-state index >= 15 is 0 Å². The molecule has 7 nitrogen and oxygen atoms in total. The number of phenolic OH excluding ortho intramolecular Hbond substituents is 1. The standard InChI is InChI=1S/C14H20N2O5/c1-14(2,7-8-21-3)9-15-13(18)10-5-4-6-11(12(10)17)16(19)20/h4-6,17H,7-9H2,1-3H3,(H,15,18). The van der Waals surface area contributed by atoms with Gasteiger partial charge < -0.3 is 15.2 Å². The minimum atomic E-state index is -0.728. The fourth-order valence-electron chi connectivity index (χ4n) is 1.74. The van der Waals surface area contributed by atoms with Crippen molar-refractivity contribution in [1.82, 2.24) is 5.32 Å². The number of hydrogen-bond donors (Lipinski definition) is 2. The molecule has 0 radical (unpaired) electrons. The number of nitrogens with one attached hydrogen (secondary N) is 1. The molecule has 2 N–H and O–H groups in total. The third-order valence-corrected chi connectivity index (χ3v) is 3.17. The zero-order valence-electron chi connectivity index (χ0n) is 12.4. The van der Waals surface area contributed by atoms with Gasteiger partial charge in [-0.25, -0.2) is 0 Å². The first-order valence-electron chi connectivity index (χ1n) is 6.52. The van der Waals surface area contributed by atoms with Gasteiger partial charge in [0, 0.05) is 26.3 Å². The summed E-state index contributed by atoms with van der Waals surface area (Å²) in [5.41, 5.74) is -0.768. The highest BCUT2D eigenvalue weighted by Gasteiger charge is 2.23. The van der Waals surface area contributed by atoms with E-state index in [2.05, 4.69) is 5.32 Å². The van der Waals surface area contributed by atoms with Gasteiger partial charge in [0.05, 0.1) is 10.5 Å². The lowest BCUT2D eigenvalue weighted by Crippen LogP contribution is -2.34. The van der Waals surface area contributed by atoms with Crippen molar-refractivity contribution in [1.29, 1.82) is 0 Å². The highest BCUT2D eigenvalue weighted by molar-refractivity contribution is 5.98. The van der Waals surface area contributed by atoms with Crippen LogP contribution in [0.4, 0.5) is 5.69 Å². The molecule has 0 heterocycles. The van der Waals surface area contributed by atoms with Crippen LogP contribution in [0.3, 0.4) is 0 Å². The smallest absolute Gasteiger partial charge is 0.311 e. The number of amides is 1. The Morgan fingerprint density at radius 3 is 2.71 bits per heavy atom. The van der Waals surface area contributed by atoms with Crippen molar-refractivity contribution in [3.05, 3.63) is 33.9 Å². The quantitative estimate of drug-likeness (QED) is 0.592. The number of methoxy groups -OCH3 is 1. The van der Waals surface area contributed by atoms with Gasteiger partial charge in [0.2, 0.25) is 5.75 Å². The number of carbonyl (C=O) groups is 1. The Kier molecular flexibility index (Phi) is 5.66. The van der Waals surface area contributed by atoms with E-state index in [4.69, 9.17) is 4.74 Å². The summed E-state index contributed by atoms with van der Waals surface area (Å²) in [4.78, 5) is 22.0. The summed E-state index contributed by atoms with van der Waals surface area (Å²) >= 11 is 0. The Morgan fingerprint density at radius 1 is 1.48 bits per heavy atom. The molecule has 7 heteroatoms. The second kappa shape index (κ2) is 7.03. The molecule has 0 saturated heterocycles. The Balaban J connectivity index is 2.77. The monoisotopic (exact) mass is 296 g/mol. The number of benzene rings is 1. The number of phenols is 1. The van der Waals surface area contributed by atoms with Crippen LogP contribution in [0, 0.1) is 15.5 Å². The zero-order valence-corrected chi connectivity index (χ0v) is 12.4. The first kappa shape index (κ1) is 16.9. The molecule has 0 bridgehead atoms. The molecule has 0 fully saturated rings. The SMILES string of the molecule is COCCC(C)(C)CNC(=O)c1cccc([N+](=O)[O-])c1O. The number of carbonyl (C=O) groups excluding carboxylic acids is 1. The molecular weight excluding hydrogens is 276 g/mol. The molecule has 0 atom stereocenters. The maximum atomic E-state index is 12.0. The molecular formula is C14H20N2O5. The molecule has 1 aromatic rings. The molecule has 0 saturated carbocycles. The van der Waals surface area contributed by atoms with Crippen molar-refractivity contribution in [3.63, 3.8) is 0 Å². The van der Waals surface area contributed by atoms with E-state index in [1.165, 1.54) is 12.1 Å². The van der Waals surface area contributed by atoms with E-state index in [-0.39, 0.29) is 11.0 Å². The number of nitro groups is 1. The fourth-order valence-corrected chi connectivity index (χ4v) is 1.74. The van der Waals surface area contributed by atoms with Gasteiger partial charge >= 0.3 is 5.69 Å². The van der Waals surface area contributed by atoms with Gasteiger partial charge in [-0.05, 0) is 17.9 Å². The molecule has 0 aliphatic rings. The normalized spacial score (nSPS) is 11.2. The van der Waals surface area contributed by atoms with Crippen LogP contribution in [0.2, 0.25) is 0 Å². The van der Waals surface area contributed by atoms with Crippen LogP contribution in [0.25, 0.3) is 0 Å². The summed E-state index contributed by atoms with van der Waals surface area (Å²) in [7, 11) is 1.61. The maximum absolute atomic E-state index is 12.0. The number of hydrogen-bond acceptors (Lipinski definition) is 5. The summed E-state index contributed by atoms with van der Waals surface area (Å²) in [5, 5.41) is 23.2. The third kappa shape index (κ3) is 4.71. The minimum Gasteiger partial charge on any atom is -0.502 e. The van der Waals surface area contributed by atoms with Gasteiger partial charge in [-0.3, -0.25) is 14.9 Å². The van der Waals surface area contributed by atoms with Crippen LogP contribution < -0.4 is 5.32 Å². The van der Waals surface area contributed by atoms with Gasteiger partial charge in [0.15, 0.2) is 0 Å². The van der Waals surface area contributed by atoms with Crippen LogP contribution in [0.15, 0.2) is 18.2 Å². The number of para-hydroxylation sites is 1. The summed E-state index contributed by atoms with van der Waals surface area (Å²) in [6, 6.07) is 3.86. The molecule has 1 amide bonds. The average molecular weight is 296 g/mol.